The molecule has 0 atom stereocenters. The van der Waals surface area contributed by atoms with Gasteiger partial charge in [-0.05, 0) is 42.2 Å². The van der Waals surface area contributed by atoms with Crippen molar-refractivity contribution >= 4 is 21.7 Å². The third kappa shape index (κ3) is 2.88. The summed E-state index contributed by atoms with van der Waals surface area (Å²) < 4.78 is 22.9. The number of sulfone groups is 1. The van der Waals surface area contributed by atoms with E-state index in [1.165, 1.54) is 6.26 Å². The number of aryl methyl sites for hydroxylation is 1. The summed E-state index contributed by atoms with van der Waals surface area (Å²) in [5, 5.41) is 0. The monoisotopic (exact) mass is 312 g/mol. The van der Waals surface area contributed by atoms with E-state index in [0.29, 0.717) is 6.42 Å². The van der Waals surface area contributed by atoms with Gasteiger partial charge in [0, 0.05) is 17.4 Å². The largest absolute Gasteiger partial charge is 0.289 e. The molecule has 3 rings (SSSR count). The maximum Gasteiger partial charge on any atom is 0.189 e. The van der Waals surface area contributed by atoms with Crippen molar-refractivity contribution in [3.05, 3.63) is 70.8 Å². The molecular formula is C18H16O3S. The van der Waals surface area contributed by atoms with Crippen molar-refractivity contribution in [2.75, 3.05) is 6.26 Å². The number of carbonyl (C=O) groups is 1. The van der Waals surface area contributed by atoms with E-state index >= 15 is 0 Å². The standard InChI is InChI=1S/C18H16O3S/c1-22(20,21)16-10-6-13(7-11-16)12-15-9-8-14-4-2-3-5-17(14)18(15)19/h2-7,10-12H,8-9H2,1H3/b15-12+. The maximum atomic E-state index is 12.5. The zero-order valence-corrected chi connectivity index (χ0v) is 13.1. The Bertz CT molecular complexity index is 859. The highest BCUT2D eigenvalue weighted by atomic mass is 32.2. The van der Waals surface area contributed by atoms with Crippen LogP contribution >= 0.6 is 0 Å². The number of allylic oxidation sites excluding steroid dienone is 1. The average Bonchev–Trinajstić information content (AvgIpc) is 2.50. The first-order valence-electron chi connectivity index (χ1n) is 7.08. The number of rotatable bonds is 2. The number of carbonyl (C=O) groups excluding carboxylic acids is 1. The van der Waals surface area contributed by atoms with E-state index in [2.05, 4.69) is 0 Å². The van der Waals surface area contributed by atoms with Gasteiger partial charge in [0.1, 0.15) is 0 Å². The van der Waals surface area contributed by atoms with Crippen molar-refractivity contribution < 1.29 is 13.2 Å². The molecular weight excluding hydrogens is 296 g/mol. The minimum Gasteiger partial charge on any atom is -0.289 e. The molecule has 3 nitrogen and oxygen atoms in total. The highest BCUT2D eigenvalue weighted by Crippen LogP contribution is 2.26. The van der Waals surface area contributed by atoms with Gasteiger partial charge in [-0.15, -0.1) is 0 Å². The van der Waals surface area contributed by atoms with Crippen LogP contribution in [0.25, 0.3) is 6.08 Å². The van der Waals surface area contributed by atoms with E-state index in [-0.39, 0.29) is 10.7 Å². The first kappa shape index (κ1) is 14.7. The molecule has 0 unspecified atom stereocenters. The van der Waals surface area contributed by atoms with Gasteiger partial charge >= 0.3 is 0 Å². The Hall–Kier alpha value is -2.20. The lowest BCUT2D eigenvalue weighted by Crippen LogP contribution is -2.13. The van der Waals surface area contributed by atoms with Crippen LogP contribution in [0.5, 0.6) is 0 Å². The highest BCUT2D eigenvalue weighted by molar-refractivity contribution is 7.90. The van der Waals surface area contributed by atoms with E-state index in [1.807, 2.05) is 30.3 Å². The maximum absolute atomic E-state index is 12.5. The molecule has 0 spiro atoms. The summed E-state index contributed by atoms with van der Waals surface area (Å²) in [6.45, 7) is 0. The van der Waals surface area contributed by atoms with Gasteiger partial charge in [-0.25, -0.2) is 8.42 Å². The van der Waals surface area contributed by atoms with Gasteiger partial charge in [0.15, 0.2) is 15.6 Å². The highest BCUT2D eigenvalue weighted by Gasteiger charge is 2.21. The molecule has 0 fully saturated rings. The SMILES string of the molecule is CS(=O)(=O)c1ccc(/C=C2\CCc3ccccc3C2=O)cc1. The Morgan fingerprint density at radius 1 is 0.955 bits per heavy atom. The molecule has 1 aliphatic rings. The van der Waals surface area contributed by atoms with Gasteiger partial charge in [-0.3, -0.25) is 4.79 Å². The third-order valence-corrected chi connectivity index (χ3v) is 4.99. The lowest BCUT2D eigenvalue weighted by molar-refractivity contribution is 0.102. The van der Waals surface area contributed by atoms with Gasteiger partial charge in [-0.1, -0.05) is 36.4 Å². The lowest BCUT2D eigenvalue weighted by Gasteiger charge is -2.17. The minimum absolute atomic E-state index is 0.0639. The zero-order valence-electron chi connectivity index (χ0n) is 12.2. The molecule has 0 saturated carbocycles. The first-order valence-corrected chi connectivity index (χ1v) is 8.97. The molecule has 2 aromatic rings. The molecule has 0 N–H and O–H groups in total. The summed E-state index contributed by atoms with van der Waals surface area (Å²) in [5.74, 6) is 0.0639. The van der Waals surface area contributed by atoms with Crippen LogP contribution < -0.4 is 0 Å². The number of hydrogen-bond acceptors (Lipinski definition) is 3. The Morgan fingerprint density at radius 2 is 1.64 bits per heavy atom. The van der Waals surface area contributed by atoms with Crippen molar-refractivity contribution in [1.29, 1.82) is 0 Å². The Kier molecular flexibility index (Phi) is 3.71. The molecule has 0 aliphatic heterocycles. The molecule has 0 heterocycles. The van der Waals surface area contributed by atoms with Gasteiger partial charge in [-0.2, -0.15) is 0 Å². The second-order valence-corrected chi connectivity index (χ2v) is 7.51. The van der Waals surface area contributed by atoms with E-state index in [9.17, 15) is 13.2 Å². The summed E-state index contributed by atoms with van der Waals surface area (Å²) in [6.07, 6.45) is 4.60. The minimum atomic E-state index is -3.19. The smallest absolute Gasteiger partial charge is 0.189 e. The Balaban J connectivity index is 1.92. The van der Waals surface area contributed by atoms with Crippen molar-refractivity contribution in [1.82, 2.24) is 0 Å². The van der Waals surface area contributed by atoms with E-state index in [1.54, 1.807) is 24.3 Å². The summed E-state index contributed by atoms with van der Waals surface area (Å²) in [7, 11) is -3.19. The van der Waals surface area contributed by atoms with Crippen LogP contribution in [0, 0.1) is 0 Å². The predicted molar refractivity (Wildman–Crippen MR) is 86.6 cm³/mol. The van der Waals surface area contributed by atoms with Gasteiger partial charge < -0.3 is 0 Å². The van der Waals surface area contributed by atoms with Gasteiger partial charge in [0.2, 0.25) is 0 Å². The van der Waals surface area contributed by atoms with Crippen LogP contribution in [0.15, 0.2) is 59.0 Å². The van der Waals surface area contributed by atoms with Crippen molar-refractivity contribution in [3.8, 4) is 0 Å². The zero-order chi connectivity index (χ0) is 15.7. The third-order valence-electron chi connectivity index (χ3n) is 3.87. The fourth-order valence-electron chi connectivity index (χ4n) is 2.67. The molecule has 0 bridgehead atoms. The van der Waals surface area contributed by atoms with Crippen LogP contribution in [-0.4, -0.2) is 20.5 Å². The normalized spacial score (nSPS) is 16.6. The predicted octanol–water partition coefficient (Wildman–Crippen LogP) is 3.30. The van der Waals surface area contributed by atoms with Crippen molar-refractivity contribution in [2.24, 2.45) is 0 Å². The number of fused-ring (bicyclic) bond motifs is 1. The van der Waals surface area contributed by atoms with Crippen LogP contribution in [0.3, 0.4) is 0 Å². The molecule has 4 heteroatoms. The molecule has 0 aromatic heterocycles. The molecule has 0 radical (unpaired) electrons. The van der Waals surface area contributed by atoms with E-state index in [0.717, 1.165) is 28.7 Å². The van der Waals surface area contributed by atoms with E-state index < -0.39 is 9.84 Å². The molecule has 1 aliphatic carbocycles. The second kappa shape index (κ2) is 5.54. The first-order chi connectivity index (χ1) is 10.4. The number of benzene rings is 2. The topological polar surface area (TPSA) is 51.2 Å². The van der Waals surface area contributed by atoms with Gasteiger partial charge in [0.25, 0.3) is 0 Å². The molecule has 22 heavy (non-hydrogen) atoms. The molecule has 112 valence electrons. The summed E-state index contributed by atoms with van der Waals surface area (Å²) in [5.41, 5.74) is 3.48. The van der Waals surface area contributed by atoms with E-state index in [4.69, 9.17) is 0 Å². The quantitative estimate of drug-likeness (QED) is 0.800. The number of hydrogen-bond donors (Lipinski definition) is 0. The summed E-state index contributed by atoms with van der Waals surface area (Å²) in [4.78, 5) is 12.8. The molecule has 0 saturated heterocycles. The Labute approximate surface area is 130 Å². The van der Waals surface area contributed by atoms with Crippen LogP contribution in [-0.2, 0) is 16.3 Å². The number of Topliss-reactive ketones (excluding diaryl/α,β-unsaturated/α-hetero) is 1. The second-order valence-electron chi connectivity index (χ2n) is 5.50. The fourth-order valence-corrected chi connectivity index (χ4v) is 3.30. The van der Waals surface area contributed by atoms with Crippen molar-refractivity contribution in [2.45, 2.75) is 17.7 Å². The van der Waals surface area contributed by atoms with Gasteiger partial charge in [0.05, 0.1) is 4.90 Å². The summed E-state index contributed by atoms with van der Waals surface area (Å²) >= 11 is 0. The molecule has 2 aromatic carbocycles. The Morgan fingerprint density at radius 3 is 2.32 bits per heavy atom. The fraction of sp³-hybridized carbons (Fsp3) is 0.167. The summed E-state index contributed by atoms with van der Waals surface area (Å²) in [6, 6.07) is 14.3. The van der Waals surface area contributed by atoms with Crippen molar-refractivity contribution in [3.63, 3.8) is 0 Å². The lowest BCUT2D eigenvalue weighted by atomic mass is 9.86. The molecule has 0 amide bonds. The van der Waals surface area contributed by atoms with Crippen LogP contribution in [0.4, 0.5) is 0 Å². The van der Waals surface area contributed by atoms with Crippen LogP contribution in [0.1, 0.15) is 27.9 Å². The average molecular weight is 312 g/mol. The number of ketones is 1. The van der Waals surface area contributed by atoms with Crippen LogP contribution in [0.2, 0.25) is 0 Å².